The molecule has 2 aromatic rings. The summed E-state index contributed by atoms with van der Waals surface area (Å²) in [7, 11) is 0. The van der Waals surface area contributed by atoms with E-state index in [0.717, 1.165) is 17.0 Å². The quantitative estimate of drug-likeness (QED) is 0.767. The molecule has 0 saturated heterocycles. The highest BCUT2D eigenvalue weighted by Gasteiger charge is 2.18. The van der Waals surface area contributed by atoms with Crippen LogP contribution in [-0.2, 0) is 0 Å². The largest absolute Gasteiger partial charge is 0.326 e. The first-order valence-electron chi connectivity index (χ1n) is 5.85. The minimum Gasteiger partial charge on any atom is -0.326 e. The molecule has 1 aliphatic carbocycles. The lowest BCUT2D eigenvalue weighted by Crippen LogP contribution is -2.05. The molecule has 1 fully saturated rings. The Morgan fingerprint density at radius 2 is 1.94 bits per heavy atom. The van der Waals surface area contributed by atoms with Gasteiger partial charge in [-0.3, -0.25) is 0 Å². The first-order chi connectivity index (χ1) is 7.83. The van der Waals surface area contributed by atoms with E-state index in [4.69, 9.17) is 11.6 Å². The van der Waals surface area contributed by atoms with E-state index in [1.165, 1.54) is 32.1 Å². The van der Waals surface area contributed by atoms with E-state index in [9.17, 15) is 0 Å². The smallest absolute Gasteiger partial charge is 0.159 e. The van der Waals surface area contributed by atoms with Gasteiger partial charge in [-0.2, -0.15) is 0 Å². The van der Waals surface area contributed by atoms with Crippen molar-refractivity contribution in [2.75, 3.05) is 0 Å². The SMILES string of the molecule is Clc1ccc2nc(C3CCCCC3)[nH]c2n1. The third-order valence-corrected chi connectivity index (χ3v) is 3.53. The predicted molar refractivity (Wildman–Crippen MR) is 64.7 cm³/mol. The van der Waals surface area contributed by atoms with Crippen LogP contribution >= 0.6 is 11.6 Å². The van der Waals surface area contributed by atoms with Crippen LogP contribution < -0.4 is 0 Å². The lowest BCUT2D eigenvalue weighted by atomic mass is 9.89. The van der Waals surface area contributed by atoms with Crippen LogP contribution in [0, 0.1) is 0 Å². The van der Waals surface area contributed by atoms with Crippen molar-refractivity contribution in [3.63, 3.8) is 0 Å². The van der Waals surface area contributed by atoms with Crippen LogP contribution in [0.1, 0.15) is 43.8 Å². The molecule has 3 nitrogen and oxygen atoms in total. The van der Waals surface area contributed by atoms with Crippen LogP contribution in [0.2, 0.25) is 5.15 Å². The molecule has 1 saturated carbocycles. The van der Waals surface area contributed by atoms with Crippen LogP contribution in [0.15, 0.2) is 12.1 Å². The van der Waals surface area contributed by atoms with Crippen molar-refractivity contribution in [2.24, 2.45) is 0 Å². The minimum absolute atomic E-state index is 0.520. The molecule has 1 N–H and O–H groups in total. The second-order valence-electron chi connectivity index (χ2n) is 4.46. The van der Waals surface area contributed by atoms with Gasteiger partial charge in [-0.25, -0.2) is 9.97 Å². The van der Waals surface area contributed by atoms with E-state index in [0.29, 0.717) is 11.1 Å². The summed E-state index contributed by atoms with van der Waals surface area (Å²) in [5, 5.41) is 0.520. The number of aromatic amines is 1. The van der Waals surface area contributed by atoms with Gasteiger partial charge in [0.2, 0.25) is 0 Å². The predicted octanol–water partition coefficient (Wildman–Crippen LogP) is 3.66. The zero-order valence-corrected chi connectivity index (χ0v) is 9.80. The molecule has 0 aliphatic heterocycles. The second-order valence-corrected chi connectivity index (χ2v) is 4.85. The number of fused-ring (bicyclic) bond motifs is 1. The Balaban J connectivity index is 1.97. The summed E-state index contributed by atoms with van der Waals surface area (Å²) >= 11 is 5.85. The van der Waals surface area contributed by atoms with Gasteiger partial charge in [-0.05, 0) is 25.0 Å². The molecule has 0 unspecified atom stereocenters. The summed E-state index contributed by atoms with van der Waals surface area (Å²) in [4.78, 5) is 12.1. The van der Waals surface area contributed by atoms with Gasteiger partial charge in [0.1, 0.15) is 16.5 Å². The number of rotatable bonds is 1. The Kier molecular flexibility index (Phi) is 2.56. The molecule has 16 heavy (non-hydrogen) atoms. The van der Waals surface area contributed by atoms with Gasteiger partial charge in [0.15, 0.2) is 5.65 Å². The zero-order valence-electron chi connectivity index (χ0n) is 9.04. The number of nitrogens with zero attached hydrogens (tertiary/aromatic N) is 2. The van der Waals surface area contributed by atoms with Crippen molar-refractivity contribution < 1.29 is 0 Å². The lowest BCUT2D eigenvalue weighted by molar-refractivity contribution is 0.431. The Bertz CT molecular complexity index is 500. The molecule has 1 aliphatic rings. The van der Waals surface area contributed by atoms with Crippen molar-refractivity contribution in [3.8, 4) is 0 Å². The maximum atomic E-state index is 5.85. The fraction of sp³-hybridized carbons (Fsp3) is 0.500. The minimum atomic E-state index is 0.520. The molecule has 0 radical (unpaired) electrons. The van der Waals surface area contributed by atoms with Crippen LogP contribution in [0.3, 0.4) is 0 Å². The fourth-order valence-electron chi connectivity index (χ4n) is 2.46. The molecular formula is C12H14ClN3. The normalized spacial score (nSPS) is 18.1. The summed E-state index contributed by atoms with van der Waals surface area (Å²) in [5.74, 6) is 1.67. The van der Waals surface area contributed by atoms with Crippen molar-refractivity contribution >= 4 is 22.8 Å². The van der Waals surface area contributed by atoms with Crippen molar-refractivity contribution in [1.29, 1.82) is 0 Å². The molecule has 2 aromatic heterocycles. The number of imidazole rings is 1. The first-order valence-corrected chi connectivity index (χ1v) is 6.23. The summed E-state index contributed by atoms with van der Waals surface area (Å²) in [6.45, 7) is 0. The fourth-order valence-corrected chi connectivity index (χ4v) is 2.61. The summed E-state index contributed by atoms with van der Waals surface area (Å²) in [6, 6.07) is 3.71. The van der Waals surface area contributed by atoms with Gasteiger partial charge < -0.3 is 4.98 Å². The molecule has 0 bridgehead atoms. The highest BCUT2D eigenvalue weighted by atomic mass is 35.5. The van der Waals surface area contributed by atoms with E-state index in [2.05, 4.69) is 15.0 Å². The first kappa shape index (κ1) is 10.1. The zero-order chi connectivity index (χ0) is 11.0. The molecular weight excluding hydrogens is 222 g/mol. The third kappa shape index (κ3) is 1.80. The molecule has 0 atom stereocenters. The number of H-pyrrole nitrogens is 1. The Morgan fingerprint density at radius 1 is 1.12 bits per heavy atom. The van der Waals surface area contributed by atoms with E-state index in [1.807, 2.05) is 6.07 Å². The number of halogens is 1. The highest BCUT2D eigenvalue weighted by Crippen LogP contribution is 2.31. The Morgan fingerprint density at radius 3 is 2.75 bits per heavy atom. The van der Waals surface area contributed by atoms with Crippen molar-refractivity contribution in [2.45, 2.75) is 38.0 Å². The third-order valence-electron chi connectivity index (χ3n) is 3.32. The molecule has 0 spiro atoms. The maximum Gasteiger partial charge on any atom is 0.159 e. The van der Waals surface area contributed by atoms with Gasteiger partial charge >= 0.3 is 0 Å². The van der Waals surface area contributed by atoms with Crippen LogP contribution in [0.25, 0.3) is 11.2 Å². The van der Waals surface area contributed by atoms with Gasteiger partial charge in [-0.1, -0.05) is 30.9 Å². The monoisotopic (exact) mass is 235 g/mol. The molecule has 2 heterocycles. The number of nitrogens with one attached hydrogen (secondary N) is 1. The van der Waals surface area contributed by atoms with Gasteiger partial charge in [-0.15, -0.1) is 0 Å². The summed E-state index contributed by atoms with van der Waals surface area (Å²) < 4.78 is 0. The van der Waals surface area contributed by atoms with Crippen molar-refractivity contribution in [3.05, 3.63) is 23.1 Å². The van der Waals surface area contributed by atoms with E-state index < -0.39 is 0 Å². The van der Waals surface area contributed by atoms with Crippen LogP contribution in [-0.4, -0.2) is 15.0 Å². The second kappa shape index (κ2) is 4.06. The summed E-state index contributed by atoms with van der Waals surface area (Å²) in [6.07, 6.45) is 6.48. The lowest BCUT2D eigenvalue weighted by Gasteiger charge is -2.18. The van der Waals surface area contributed by atoms with Gasteiger partial charge in [0.25, 0.3) is 0 Å². The van der Waals surface area contributed by atoms with Crippen LogP contribution in [0.5, 0.6) is 0 Å². The summed E-state index contributed by atoms with van der Waals surface area (Å²) in [5.41, 5.74) is 1.73. The number of aromatic nitrogens is 3. The number of hydrogen-bond acceptors (Lipinski definition) is 2. The average molecular weight is 236 g/mol. The number of pyridine rings is 1. The average Bonchev–Trinajstić information content (AvgIpc) is 2.73. The Labute approximate surface area is 99.2 Å². The standard InChI is InChI=1S/C12H14ClN3/c13-10-7-6-9-12(15-10)16-11(14-9)8-4-2-1-3-5-8/h6-8H,1-5H2,(H,14,15,16). The van der Waals surface area contributed by atoms with E-state index in [-0.39, 0.29) is 0 Å². The molecule has 84 valence electrons. The highest BCUT2D eigenvalue weighted by molar-refractivity contribution is 6.29. The van der Waals surface area contributed by atoms with E-state index >= 15 is 0 Å². The Hall–Kier alpha value is -1.09. The van der Waals surface area contributed by atoms with Crippen molar-refractivity contribution in [1.82, 2.24) is 15.0 Å². The van der Waals surface area contributed by atoms with Crippen LogP contribution in [0.4, 0.5) is 0 Å². The number of hydrogen-bond donors (Lipinski definition) is 1. The van der Waals surface area contributed by atoms with Gasteiger partial charge in [0, 0.05) is 5.92 Å². The topological polar surface area (TPSA) is 41.6 Å². The molecule has 0 amide bonds. The molecule has 4 heteroatoms. The maximum absolute atomic E-state index is 5.85. The molecule has 3 rings (SSSR count). The van der Waals surface area contributed by atoms with Gasteiger partial charge in [0.05, 0.1) is 0 Å². The van der Waals surface area contributed by atoms with E-state index in [1.54, 1.807) is 6.07 Å². The molecule has 0 aromatic carbocycles.